The summed E-state index contributed by atoms with van der Waals surface area (Å²) in [6, 6.07) is 11.4. The molecule has 1 N–H and O–H groups in total. The summed E-state index contributed by atoms with van der Waals surface area (Å²) in [6.07, 6.45) is 0. The Hall–Kier alpha value is -2.67. The Bertz CT molecular complexity index is 864. The van der Waals surface area contributed by atoms with Crippen LogP contribution in [0.5, 0.6) is 5.75 Å². The molecule has 0 unspecified atom stereocenters. The number of nitrogens with zero attached hydrogens (tertiary/aromatic N) is 2. The standard InChI is InChI=1S/C17H16FN3O2S/c1-21(10-15(22)19-12-8-6-11(18)7-9-12)17-20-16-13(23-2)4-3-5-14(16)24-17/h3-9H,10H2,1-2H3,(H,19,22). The van der Waals surface area contributed by atoms with Crippen LogP contribution in [0.4, 0.5) is 15.2 Å². The van der Waals surface area contributed by atoms with E-state index in [1.807, 2.05) is 18.2 Å². The largest absolute Gasteiger partial charge is 0.494 e. The highest BCUT2D eigenvalue weighted by Crippen LogP contribution is 2.33. The van der Waals surface area contributed by atoms with E-state index < -0.39 is 0 Å². The zero-order valence-corrected chi connectivity index (χ0v) is 14.1. The zero-order chi connectivity index (χ0) is 17.1. The van der Waals surface area contributed by atoms with E-state index in [0.29, 0.717) is 11.4 Å². The second-order valence-electron chi connectivity index (χ2n) is 5.21. The summed E-state index contributed by atoms with van der Waals surface area (Å²) in [6.45, 7) is 0.138. The lowest BCUT2D eigenvalue weighted by Gasteiger charge is -2.15. The summed E-state index contributed by atoms with van der Waals surface area (Å²) in [5.41, 5.74) is 1.34. The average molecular weight is 345 g/mol. The van der Waals surface area contributed by atoms with Crippen LogP contribution < -0.4 is 15.0 Å². The number of ether oxygens (including phenoxy) is 1. The van der Waals surface area contributed by atoms with Crippen LogP contribution in [0.25, 0.3) is 10.2 Å². The number of halogens is 1. The second kappa shape index (κ2) is 6.84. The molecule has 1 heterocycles. The number of anilines is 2. The number of aromatic nitrogens is 1. The molecule has 0 bridgehead atoms. The molecule has 0 fully saturated rings. The number of methoxy groups -OCH3 is 1. The van der Waals surface area contributed by atoms with E-state index >= 15 is 0 Å². The summed E-state index contributed by atoms with van der Waals surface area (Å²) in [5.74, 6) is 0.169. The first-order chi connectivity index (χ1) is 11.6. The van der Waals surface area contributed by atoms with Gasteiger partial charge in [0.15, 0.2) is 5.13 Å². The SMILES string of the molecule is COc1cccc2sc(N(C)CC(=O)Nc3ccc(F)cc3)nc12. The van der Waals surface area contributed by atoms with Gasteiger partial charge < -0.3 is 15.0 Å². The van der Waals surface area contributed by atoms with Crippen molar-refractivity contribution in [3.63, 3.8) is 0 Å². The van der Waals surface area contributed by atoms with Gasteiger partial charge in [-0.2, -0.15) is 0 Å². The van der Waals surface area contributed by atoms with Gasteiger partial charge in [-0.3, -0.25) is 4.79 Å². The molecule has 0 aliphatic heterocycles. The van der Waals surface area contributed by atoms with Crippen LogP contribution in [0.1, 0.15) is 0 Å². The molecule has 3 rings (SSSR count). The van der Waals surface area contributed by atoms with Gasteiger partial charge in [-0.25, -0.2) is 9.37 Å². The number of amides is 1. The predicted molar refractivity (Wildman–Crippen MR) is 94.5 cm³/mol. The third-order valence-electron chi connectivity index (χ3n) is 3.43. The first-order valence-electron chi connectivity index (χ1n) is 7.27. The van der Waals surface area contributed by atoms with Gasteiger partial charge >= 0.3 is 0 Å². The molecular weight excluding hydrogens is 329 g/mol. The molecular formula is C17H16FN3O2S. The Kier molecular flexibility index (Phi) is 4.61. The van der Waals surface area contributed by atoms with E-state index in [9.17, 15) is 9.18 Å². The molecule has 7 heteroatoms. The van der Waals surface area contributed by atoms with Gasteiger partial charge in [0, 0.05) is 12.7 Å². The Labute approximate surface area is 142 Å². The van der Waals surface area contributed by atoms with Gasteiger partial charge in [-0.05, 0) is 36.4 Å². The molecule has 2 aromatic carbocycles. The maximum atomic E-state index is 12.9. The van der Waals surface area contributed by atoms with Gasteiger partial charge in [-0.1, -0.05) is 17.4 Å². The Morgan fingerprint density at radius 3 is 2.75 bits per heavy atom. The number of para-hydroxylation sites is 1. The third kappa shape index (κ3) is 3.46. The minimum atomic E-state index is -0.339. The van der Waals surface area contributed by atoms with Gasteiger partial charge in [0.2, 0.25) is 5.91 Å². The number of thiazole rings is 1. The number of nitrogens with one attached hydrogen (secondary N) is 1. The van der Waals surface area contributed by atoms with Crippen molar-refractivity contribution < 1.29 is 13.9 Å². The van der Waals surface area contributed by atoms with Gasteiger partial charge in [0.25, 0.3) is 0 Å². The molecule has 0 radical (unpaired) electrons. The summed E-state index contributed by atoms with van der Waals surface area (Å²) in [4.78, 5) is 18.4. The lowest BCUT2D eigenvalue weighted by Crippen LogP contribution is -2.29. The molecule has 24 heavy (non-hydrogen) atoms. The van der Waals surface area contributed by atoms with Crippen molar-refractivity contribution in [2.24, 2.45) is 0 Å². The average Bonchev–Trinajstić information content (AvgIpc) is 3.01. The molecule has 0 aliphatic carbocycles. The summed E-state index contributed by atoms with van der Waals surface area (Å²) >= 11 is 1.49. The molecule has 3 aromatic rings. The smallest absolute Gasteiger partial charge is 0.243 e. The monoisotopic (exact) mass is 345 g/mol. The van der Waals surface area contributed by atoms with Crippen LogP contribution in [0, 0.1) is 5.82 Å². The fraction of sp³-hybridized carbons (Fsp3) is 0.176. The Balaban J connectivity index is 1.71. The van der Waals surface area contributed by atoms with Crippen LogP contribution in [0.15, 0.2) is 42.5 Å². The van der Waals surface area contributed by atoms with Crippen molar-refractivity contribution in [3.05, 3.63) is 48.3 Å². The number of hydrogen-bond acceptors (Lipinski definition) is 5. The first kappa shape index (κ1) is 16.2. The minimum Gasteiger partial charge on any atom is -0.494 e. The minimum absolute atomic E-state index is 0.138. The van der Waals surface area contributed by atoms with Crippen LogP contribution in [0.2, 0.25) is 0 Å². The lowest BCUT2D eigenvalue weighted by atomic mass is 10.3. The van der Waals surface area contributed by atoms with Crippen molar-refractivity contribution in [1.29, 1.82) is 0 Å². The quantitative estimate of drug-likeness (QED) is 0.769. The molecule has 1 aromatic heterocycles. The number of carbonyl (C=O) groups is 1. The fourth-order valence-electron chi connectivity index (χ4n) is 2.26. The van der Waals surface area contributed by atoms with E-state index in [0.717, 1.165) is 15.3 Å². The molecule has 0 aliphatic rings. The fourth-order valence-corrected chi connectivity index (χ4v) is 3.20. The molecule has 0 atom stereocenters. The lowest BCUT2D eigenvalue weighted by molar-refractivity contribution is -0.114. The zero-order valence-electron chi connectivity index (χ0n) is 13.2. The van der Waals surface area contributed by atoms with E-state index in [2.05, 4.69) is 10.3 Å². The Morgan fingerprint density at radius 1 is 1.29 bits per heavy atom. The van der Waals surface area contributed by atoms with Crippen molar-refractivity contribution in [3.8, 4) is 5.75 Å². The number of fused-ring (bicyclic) bond motifs is 1. The van der Waals surface area contributed by atoms with E-state index in [4.69, 9.17) is 4.74 Å². The molecule has 124 valence electrons. The van der Waals surface area contributed by atoms with Crippen LogP contribution in [-0.2, 0) is 4.79 Å². The second-order valence-corrected chi connectivity index (χ2v) is 6.22. The van der Waals surface area contributed by atoms with E-state index in [1.165, 1.54) is 35.6 Å². The topological polar surface area (TPSA) is 54.5 Å². The van der Waals surface area contributed by atoms with Crippen molar-refractivity contribution in [2.45, 2.75) is 0 Å². The third-order valence-corrected chi connectivity index (χ3v) is 4.56. The number of benzene rings is 2. The number of likely N-dealkylation sites (N-methyl/N-ethyl adjacent to an activating group) is 1. The van der Waals surface area contributed by atoms with Gasteiger partial charge in [-0.15, -0.1) is 0 Å². The van der Waals surface area contributed by atoms with Crippen LogP contribution in [0.3, 0.4) is 0 Å². The normalized spacial score (nSPS) is 10.6. The molecule has 0 spiro atoms. The number of hydrogen-bond donors (Lipinski definition) is 1. The van der Waals surface area contributed by atoms with Crippen molar-refractivity contribution >= 4 is 38.3 Å². The van der Waals surface area contributed by atoms with Crippen LogP contribution >= 0.6 is 11.3 Å². The van der Waals surface area contributed by atoms with Gasteiger partial charge in [0.05, 0.1) is 18.4 Å². The predicted octanol–water partition coefficient (Wildman–Crippen LogP) is 3.52. The highest BCUT2D eigenvalue weighted by Gasteiger charge is 2.14. The highest BCUT2D eigenvalue weighted by atomic mass is 32.1. The van der Waals surface area contributed by atoms with Crippen LogP contribution in [-0.4, -0.2) is 31.6 Å². The van der Waals surface area contributed by atoms with E-state index in [-0.39, 0.29) is 18.3 Å². The first-order valence-corrected chi connectivity index (χ1v) is 8.08. The van der Waals surface area contributed by atoms with E-state index in [1.54, 1.807) is 19.1 Å². The maximum absolute atomic E-state index is 12.9. The number of carbonyl (C=O) groups excluding carboxylic acids is 1. The molecule has 0 saturated heterocycles. The Morgan fingerprint density at radius 2 is 2.04 bits per heavy atom. The number of rotatable bonds is 5. The highest BCUT2D eigenvalue weighted by molar-refractivity contribution is 7.22. The summed E-state index contributed by atoms with van der Waals surface area (Å²) in [7, 11) is 3.40. The summed E-state index contributed by atoms with van der Waals surface area (Å²) in [5, 5.41) is 3.46. The summed E-state index contributed by atoms with van der Waals surface area (Å²) < 4.78 is 19.2. The van der Waals surface area contributed by atoms with Crippen molar-refractivity contribution in [1.82, 2.24) is 4.98 Å². The maximum Gasteiger partial charge on any atom is 0.243 e. The van der Waals surface area contributed by atoms with Crippen molar-refractivity contribution in [2.75, 3.05) is 30.9 Å². The molecule has 0 saturated carbocycles. The molecule has 1 amide bonds. The van der Waals surface area contributed by atoms with Gasteiger partial charge in [0.1, 0.15) is 17.1 Å². The molecule has 5 nitrogen and oxygen atoms in total.